The number of nitrogens with zero attached hydrogens (tertiary/aromatic N) is 2. The number of benzene rings is 2. The lowest BCUT2D eigenvalue weighted by Gasteiger charge is -2.10. The Balaban J connectivity index is 1.81. The molecule has 0 aliphatic carbocycles. The van der Waals surface area contributed by atoms with Crippen molar-refractivity contribution in [2.24, 2.45) is 0 Å². The van der Waals surface area contributed by atoms with Crippen molar-refractivity contribution in [1.82, 2.24) is 9.55 Å². The number of ether oxygens (including phenoxy) is 2. The molecule has 8 heteroatoms. The number of aromatic nitrogens is 2. The third kappa shape index (κ3) is 4.52. The maximum Gasteiger partial charge on any atom is 0.355 e. The van der Waals surface area contributed by atoms with Crippen LogP contribution < -0.4 is 4.74 Å². The summed E-state index contributed by atoms with van der Waals surface area (Å²) >= 11 is 0. The second-order valence-corrected chi connectivity index (χ2v) is 7.68. The van der Waals surface area contributed by atoms with Crippen LogP contribution in [-0.2, 0) is 17.7 Å². The van der Waals surface area contributed by atoms with Crippen molar-refractivity contribution in [3.8, 4) is 5.75 Å². The van der Waals surface area contributed by atoms with Gasteiger partial charge in [0, 0.05) is 24.1 Å². The van der Waals surface area contributed by atoms with Crippen LogP contribution in [0, 0.1) is 11.6 Å². The number of pyridine rings is 1. The van der Waals surface area contributed by atoms with Gasteiger partial charge in [-0.05, 0) is 48.4 Å². The average molecular weight is 464 g/mol. The van der Waals surface area contributed by atoms with Gasteiger partial charge in [-0.15, -0.1) is 0 Å². The number of methoxy groups -OCH3 is 2. The summed E-state index contributed by atoms with van der Waals surface area (Å²) in [6, 6.07) is 14.1. The van der Waals surface area contributed by atoms with E-state index in [2.05, 4.69) is 4.98 Å². The van der Waals surface area contributed by atoms with E-state index in [1.807, 2.05) is 12.1 Å². The smallest absolute Gasteiger partial charge is 0.355 e. The molecule has 0 N–H and O–H groups in total. The Morgan fingerprint density at radius 3 is 2.50 bits per heavy atom. The highest BCUT2D eigenvalue weighted by atomic mass is 19.2. The molecule has 34 heavy (non-hydrogen) atoms. The Kier molecular flexibility index (Phi) is 6.67. The number of Topliss-reactive ketones (excluding diaryl/α,β-unsaturated/α-hetero) is 1. The van der Waals surface area contributed by atoms with Gasteiger partial charge >= 0.3 is 5.97 Å². The number of fused-ring (bicyclic) bond motifs is 1. The summed E-state index contributed by atoms with van der Waals surface area (Å²) in [6.07, 6.45) is 1.82. The monoisotopic (exact) mass is 464 g/mol. The minimum Gasteiger partial charge on any atom is -0.497 e. The first-order valence-electron chi connectivity index (χ1n) is 10.6. The largest absolute Gasteiger partial charge is 0.497 e. The highest BCUT2D eigenvalue weighted by molar-refractivity contribution is 6.16. The predicted molar refractivity (Wildman–Crippen MR) is 122 cm³/mol. The van der Waals surface area contributed by atoms with Crippen LogP contribution in [0.5, 0.6) is 5.75 Å². The Morgan fingerprint density at radius 2 is 1.82 bits per heavy atom. The molecular formula is C26H22F2N2O4. The Bertz CT molecular complexity index is 1370. The maximum atomic E-state index is 13.6. The molecule has 0 radical (unpaired) electrons. The molecule has 0 aliphatic rings. The van der Waals surface area contributed by atoms with Gasteiger partial charge in [-0.25, -0.2) is 13.6 Å². The minimum atomic E-state index is -0.973. The van der Waals surface area contributed by atoms with Crippen LogP contribution in [0.3, 0.4) is 0 Å². The fourth-order valence-corrected chi connectivity index (χ4v) is 3.94. The van der Waals surface area contributed by atoms with Crippen LogP contribution in [0.15, 0.2) is 60.8 Å². The van der Waals surface area contributed by atoms with Crippen LogP contribution in [0.1, 0.15) is 38.5 Å². The lowest BCUT2D eigenvalue weighted by atomic mass is 10.00. The van der Waals surface area contributed by atoms with Gasteiger partial charge in [-0.3, -0.25) is 9.78 Å². The van der Waals surface area contributed by atoms with E-state index >= 15 is 0 Å². The summed E-state index contributed by atoms with van der Waals surface area (Å²) in [7, 11) is 2.78. The summed E-state index contributed by atoms with van der Waals surface area (Å²) in [5.74, 6) is -2.35. The molecule has 4 rings (SSSR count). The zero-order chi connectivity index (χ0) is 24.2. The van der Waals surface area contributed by atoms with Gasteiger partial charge < -0.3 is 14.0 Å². The number of hydrogen-bond donors (Lipinski definition) is 0. The second-order valence-electron chi connectivity index (χ2n) is 7.68. The van der Waals surface area contributed by atoms with Crippen LogP contribution >= 0.6 is 0 Å². The normalized spacial score (nSPS) is 10.9. The first-order chi connectivity index (χ1) is 16.4. The van der Waals surface area contributed by atoms with Crippen LogP contribution in [0.25, 0.3) is 10.9 Å². The summed E-state index contributed by atoms with van der Waals surface area (Å²) in [4.78, 5) is 30.6. The van der Waals surface area contributed by atoms with Crippen molar-refractivity contribution >= 4 is 22.7 Å². The van der Waals surface area contributed by atoms with E-state index in [-0.39, 0.29) is 36.4 Å². The van der Waals surface area contributed by atoms with Crippen molar-refractivity contribution < 1.29 is 27.8 Å². The zero-order valence-corrected chi connectivity index (χ0v) is 18.7. The van der Waals surface area contributed by atoms with E-state index < -0.39 is 17.6 Å². The van der Waals surface area contributed by atoms with Gasteiger partial charge in [0.2, 0.25) is 0 Å². The predicted octanol–water partition coefficient (Wildman–Crippen LogP) is 4.97. The van der Waals surface area contributed by atoms with Gasteiger partial charge in [0.1, 0.15) is 11.4 Å². The standard InChI is InChI=1S/C26H22F2N2O4/c1-33-18-8-9-19-22(14-18)30(15-17-5-3-4-12-29-17)25(26(32)34-2)24(19)23(31)11-7-16-6-10-20(27)21(28)13-16/h3-6,8-10,12-14H,7,11,15H2,1-2H3. The number of carbonyl (C=O) groups is 2. The highest BCUT2D eigenvalue weighted by Gasteiger charge is 2.28. The maximum absolute atomic E-state index is 13.6. The fraction of sp³-hybridized carbons (Fsp3) is 0.192. The third-order valence-electron chi connectivity index (χ3n) is 5.60. The quantitative estimate of drug-likeness (QED) is 0.272. The average Bonchev–Trinajstić information content (AvgIpc) is 3.18. The minimum absolute atomic E-state index is 0.0101. The number of carbonyl (C=O) groups excluding carboxylic acids is 2. The number of ketones is 1. The van der Waals surface area contributed by atoms with Crippen LogP contribution in [0.4, 0.5) is 8.78 Å². The molecule has 0 unspecified atom stereocenters. The van der Waals surface area contributed by atoms with E-state index in [1.54, 1.807) is 35.0 Å². The molecule has 2 aromatic heterocycles. The van der Waals surface area contributed by atoms with Gasteiger partial charge in [0.05, 0.1) is 37.5 Å². The second kappa shape index (κ2) is 9.82. The first kappa shape index (κ1) is 23.1. The SMILES string of the molecule is COC(=O)c1c(C(=O)CCc2ccc(F)c(F)c2)c2ccc(OC)cc2n1Cc1ccccn1. The van der Waals surface area contributed by atoms with E-state index in [0.29, 0.717) is 27.9 Å². The molecule has 6 nitrogen and oxygen atoms in total. The molecule has 2 aromatic carbocycles. The van der Waals surface area contributed by atoms with Crippen molar-refractivity contribution in [1.29, 1.82) is 0 Å². The number of hydrogen-bond acceptors (Lipinski definition) is 5. The molecule has 0 amide bonds. The summed E-state index contributed by atoms with van der Waals surface area (Å²) < 4.78 is 38.9. The lowest BCUT2D eigenvalue weighted by Crippen LogP contribution is -2.16. The highest BCUT2D eigenvalue weighted by Crippen LogP contribution is 2.32. The molecule has 0 saturated heterocycles. The molecule has 174 valence electrons. The van der Waals surface area contributed by atoms with E-state index in [4.69, 9.17) is 9.47 Å². The molecule has 0 bridgehead atoms. The van der Waals surface area contributed by atoms with E-state index in [1.165, 1.54) is 20.3 Å². The molecule has 0 fully saturated rings. The molecule has 0 aliphatic heterocycles. The molecule has 0 spiro atoms. The Hall–Kier alpha value is -4.07. The van der Waals surface area contributed by atoms with Gasteiger partial charge in [-0.1, -0.05) is 12.1 Å². The van der Waals surface area contributed by atoms with Crippen molar-refractivity contribution in [3.63, 3.8) is 0 Å². The van der Waals surface area contributed by atoms with Gasteiger partial charge in [0.25, 0.3) is 0 Å². The van der Waals surface area contributed by atoms with Gasteiger partial charge in [0.15, 0.2) is 17.4 Å². The molecule has 4 aromatic rings. The fourth-order valence-electron chi connectivity index (χ4n) is 3.94. The third-order valence-corrected chi connectivity index (χ3v) is 5.60. The van der Waals surface area contributed by atoms with Crippen molar-refractivity contribution in [2.45, 2.75) is 19.4 Å². The topological polar surface area (TPSA) is 70.4 Å². The lowest BCUT2D eigenvalue weighted by molar-refractivity contribution is 0.0585. The number of rotatable bonds is 8. The number of esters is 1. The molecular weight excluding hydrogens is 442 g/mol. The molecule has 0 atom stereocenters. The van der Waals surface area contributed by atoms with Crippen molar-refractivity contribution in [2.75, 3.05) is 14.2 Å². The van der Waals surface area contributed by atoms with Crippen LogP contribution in [-0.4, -0.2) is 35.5 Å². The van der Waals surface area contributed by atoms with Crippen molar-refractivity contribution in [3.05, 3.63) is 94.9 Å². The Labute approximate surface area is 194 Å². The zero-order valence-electron chi connectivity index (χ0n) is 18.7. The first-order valence-corrected chi connectivity index (χ1v) is 10.6. The number of halogens is 2. The van der Waals surface area contributed by atoms with E-state index in [0.717, 1.165) is 12.1 Å². The molecule has 0 saturated carbocycles. The van der Waals surface area contributed by atoms with Gasteiger partial charge in [-0.2, -0.15) is 0 Å². The molecule has 2 heterocycles. The summed E-state index contributed by atoms with van der Waals surface area (Å²) in [5, 5.41) is 0.562. The summed E-state index contributed by atoms with van der Waals surface area (Å²) in [5.41, 5.74) is 2.09. The Morgan fingerprint density at radius 1 is 1.00 bits per heavy atom. The van der Waals surface area contributed by atoms with Crippen LogP contribution in [0.2, 0.25) is 0 Å². The summed E-state index contributed by atoms with van der Waals surface area (Å²) in [6.45, 7) is 0.228. The van der Waals surface area contributed by atoms with E-state index in [9.17, 15) is 18.4 Å². The number of aryl methyl sites for hydroxylation is 1.